The highest BCUT2D eigenvalue weighted by Crippen LogP contribution is 2.21. The monoisotopic (exact) mass is 289 g/mol. The Kier molecular flexibility index (Phi) is 4.13. The van der Waals surface area contributed by atoms with Gasteiger partial charge in [-0.2, -0.15) is 0 Å². The highest BCUT2D eigenvalue weighted by atomic mass is 19.1. The number of nitrogens with zero attached hydrogens (tertiary/aromatic N) is 1. The van der Waals surface area contributed by atoms with Gasteiger partial charge in [0.05, 0.1) is 10.5 Å². The lowest BCUT2D eigenvalue weighted by Crippen LogP contribution is -2.11. The van der Waals surface area contributed by atoms with E-state index in [1.54, 1.807) is 18.2 Å². The normalized spacial score (nSPS) is 10.1. The Morgan fingerprint density at radius 3 is 2.71 bits per heavy atom. The van der Waals surface area contributed by atoms with Crippen LogP contribution in [0.4, 0.5) is 15.8 Å². The second-order valence-electron chi connectivity index (χ2n) is 4.33. The van der Waals surface area contributed by atoms with Crippen molar-refractivity contribution < 1.29 is 14.1 Å². The van der Waals surface area contributed by atoms with E-state index in [1.165, 1.54) is 6.07 Å². The van der Waals surface area contributed by atoms with Crippen LogP contribution in [0.5, 0.6) is 0 Å². The number of hydrogen-bond acceptors (Lipinski definition) is 4. The summed E-state index contributed by atoms with van der Waals surface area (Å²) >= 11 is 0. The smallest absolute Gasteiger partial charge is 0.274 e. The Hall–Kier alpha value is -2.96. The number of benzene rings is 2. The van der Waals surface area contributed by atoms with E-state index in [9.17, 15) is 19.3 Å². The summed E-state index contributed by atoms with van der Waals surface area (Å²) in [5.74, 6) is -1.13. The molecule has 0 aliphatic carbocycles. The molecule has 0 saturated carbocycles. The van der Waals surface area contributed by atoms with Crippen LogP contribution in [0.2, 0.25) is 0 Å². The fraction of sp³-hybridized carbons (Fsp3) is 0.0714. The van der Waals surface area contributed by atoms with E-state index in [-0.39, 0.29) is 17.8 Å². The fourth-order valence-corrected chi connectivity index (χ4v) is 1.85. The van der Waals surface area contributed by atoms with Gasteiger partial charge in [-0.25, -0.2) is 4.39 Å². The first-order valence-electron chi connectivity index (χ1n) is 6.04. The molecule has 0 radical (unpaired) electrons. The lowest BCUT2D eigenvalue weighted by atomic mass is 10.1. The summed E-state index contributed by atoms with van der Waals surface area (Å²) in [4.78, 5) is 21.4. The van der Waals surface area contributed by atoms with Crippen LogP contribution in [-0.2, 0) is 6.54 Å². The molecule has 0 unspecified atom stereocenters. The Morgan fingerprint density at radius 2 is 2.05 bits per heavy atom. The van der Waals surface area contributed by atoms with Gasteiger partial charge in [0.2, 0.25) is 5.91 Å². The van der Waals surface area contributed by atoms with Gasteiger partial charge >= 0.3 is 0 Å². The van der Waals surface area contributed by atoms with Crippen LogP contribution in [0.1, 0.15) is 15.9 Å². The molecule has 2 aromatic rings. The Labute approximate surface area is 119 Å². The van der Waals surface area contributed by atoms with E-state index in [2.05, 4.69) is 5.32 Å². The zero-order valence-electron chi connectivity index (χ0n) is 10.9. The standard InChI is InChI=1S/C14H12FN3O3/c15-11-4-5-13(18(20)21)10(6-11)8-17-12-3-1-2-9(7-12)14(16)19/h1-7,17H,8H2,(H2,16,19). The van der Waals surface area contributed by atoms with E-state index in [0.29, 0.717) is 11.3 Å². The van der Waals surface area contributed by atoms with Crippen molar-refractivity contribution in [2.75, 3.05) is 5.32 Å². The molecule has 0 aliphatic heterocycles. The number of halogens is 1. The van der Waals surface area contributed by atoms with Gasteiger partial charge in [-0.15, -0.1) is 0 Å². The largest absolute Gasteiger partial charge is 0.381 e. The lowest BCUT2D eigenvalue weighted by molar-refractivity contribution is -0.385. The molecule has 0 aliphatic rings. The van der Waals surface area contributed by atoms with E-state index in [0.717, 1.165) is 18.2 Å². The minimum absolute atomic E-state index is 0.0519. The van der Waals surface area contributed by atoms with Crippen molar-refractivity contribution in [3.05, 3.63) is 69.5 Å². The number of hydrogen-bond donors (Lipinski definition) is 2. The summed E-state index contributed by atoms with van der Waals surface area (Å²) in [6, 6.07) is 9.64. The highest BCUT2D eigenvalue weighted by molar-refractivity contribution is 5.93. The lowest BCUT2D eigenvalue weighted by Gasteiger charge is -2.08. The fourth-order valence-electron chi connectivity index (χ4n) is 1.85. The maximum Gasteiger partial charge on any atom is 0.274 e. The SMILES string of the molecule is NC(=O)c1cccc(NCc2cc(F)ccc2[N+](=O)[O-])c1. The maximum absolute atomic E-state index is 13.2. The molecule has 7 heteroatoms. The molecule has 0 spiro atoms. The molecule has 21 heavy (non-hydrogen) atoms. The molecular formula is C14H12FN3O3. The summed E-state index contributed by atoms with van der Waals surface area (Å²) in [5.41, 5.74) is 6.08. The number of rotatable bonds is 5. The summed E-state index contributed by atoms with van der Waals surface area (Å²) < 4.78 is 13.2. The molecule has 0 atom stereocenters. The molecule has 0 fully saturated rings. The van der Waals surface area contributed by atoms with Gasteiger partial charge < -0.3 is 11.1 Å². The summed E-state index contributed by atoms with van der Waals surface area (Å²) in [6.45, 7) is 0.0519. The van der Waals surface area contributed by atoms with Gasteiger partial charge in [0, 0.05) is 23.9 Å². The summed E-state index contributed by atoms with van der Waals surface area (Å²) in [6.07, 6.45) is 0. The molecule has 0 aromatic heterocycles. The molecule has 108 valence electrons. The average Bonchev–Trinajstić information content (AvgIpc) is 2.45. The zero-order chi connectivity index (χ0) is 15.4. The predicted octanol–water partition coefficient (Wildman–Crippen LogP) is 2.44. The van der Waals surface area contributed by atoms with Crippen LogP contribution in [0.15, 0.2) is 42.5 Å². The Balaban J connectivity index is 2.20. The number of nitro groups is 1. The molecule has 6 nitrogen and oxygen atoms in total. The van der Waals surface area contributed by atoms with Crippen molar-refractivity contribution >= 4 is 17.3 Å². The van der Waals surface area contributed by atoms with Gasteiger partial charge in [0.15, 0.2) is 0 Å². The highest BCUT2D eigenvalue weighted by Gasteiger charge is 2.14. The number of anilines is 1. The third-order valence-corrected chi connectivity index (χ3v) is 2.87. The molecule has 0 bridgehead atoms. The molecule has 0 heterocycles. The van der Waals surface area contributed by atoms with Crippen LogP contribution in [0, 0.1) is 15.9 Å². The number of primary amides is 1. The first-order chi connectivity index (χ1) is 9.97. The maximum atomic E-state index is 13.2. The van der Waals surface area contributed by atoms with Crippen LogP contribution < -0.4 is 11.1 Å². The van der Waals surface area contributed by atoms with Gasteiger partial charge in [-0.05, 0) is 30.3 Å². The number of carbonyl (C=O) groups excluding carboxylic acids is 1. The molecule has 2 rings (SSSR count). The van der Waals surface area contributed by atoms with Crippen molar-refractivity contribution in [2.24, 2.45) is 5.73 Å². The van der Waals surface area contributed by atoms with E-state index >= 15 is 0 Å². The van der Waals surface area contributed by atoms with Crippen molar-refractivity contribution in [3.8, 4) is 0 Å². The van der Waals surface area contributed by atoms with Crippen molar-refractivity contribution in [2.45, 2.75) is 6.54 Å². The van der Waals surface area contributed by atoms with Crippen molar-refractivity contribution in [3.63, 3.8) is 0 Å². The quantitative estimate of drug-likeness (QED) is 0.652. The van der Waals surface area contributed by atoms with Gasteiger partial charge in [-0.1, -0.05) is 6.07 Å². The van der Waals surface area contributed by atoms with E-state index in [4.69, 9.17) is 5.73 Å². The van der Waals surface area contributed by atoms with Crippen LogP contribution in [0.25, 0.3) is 0 Å². The third kappa shape index (κ3) is 3.53. The number of nitro benzene ring substituents is 1. The minimum atomic E-state index is -0.574. The zero-order valence-corrected chi connectivity index (χ0v) is 10.9. The Morgan fingerprint density at radius 1 is 1.29 bits per heavy atom. The second-order valence-corrected chi connectivity index (χ2v) is 4.33. The first-order valence-corrected chi connectivity index (χ1v) is 6.04. The molecule has 0 saturated heterocycles. The van der Waals surface area contributed by atoms with Gasteiger partial charge in [0.25, 0.3) is 5.69 Å². The number of nitrogens with two attached hydrogens (primary N) is 1. The molecule has 3 N–H and O–H groups in total. The van der Waals surface area contributed by atoms with Crippen molar-refractivity contribution in [1.29, 1.82) is 0 Å². The van der Waals surface area contributed by atoms with E-state index in [1.807, 2.05) is 0 Å². The number of nitrogens with one attached hydrogen (secondary N) is 1. The second kappa shape index (κ2) is 6.00. The summed E-state index contributed by atoms with van der Waals surface area (Å²) in [5, 5.41) is 13.8. The first kappa shape index (κ1) is 14.4. The van der Waals surface area contributed by atoms with Crippen LogP contribution in [-0.4, -0.2) is 10.8 Å². The van der Waals surface area contributed by atoms with E-state index < -0.39 is 16.6 Å². The minimum Gasteiger partial charge on any atom is -0.381 e. The molecule has 1 amide bonds. The predicted molar refractivity (Wildman–Crippen MR) is 75.3 cm³/mol. The van der Waals surface area contributed by atoms with Crippen LogP contribution >= 0.6 is 0 Å². The summed E-state index contributed by atoms with van der Waals surface area (Å²) in [7, 11) is 0. The molecular weight excluding hydrogens is 277 g/mol. The Bertz CT molecular complexity index is 704. The number of carbonyl (C=O) groups is 1. The van der Waals surface area contributed by atoms with Crippen LogP contribution in [0.3, 0.4) is 0 Å². The van der Waals surface area contributed by atoms with Crippen molar-refractivity contribution in [1.82, 2.24) is 0 Å². The van der Waals surface area contributed by atoms with Gasteiger partial charge in [0.1, 0.15) is 5.82 Å². The van der Waals surface area contributed by atoms with Gasteiger partial charge in [-0.3, -0.25) is 14.9 Å². The number of amides is 1. The topological polar surface area (TPSA) is 98.3 Å². The molecule has 2 aromatic carbocycles. The third-order valence-electron chi connectivity index (χ3n) is 2.87. The average molecular weight is 289 g/mol.